The first-order valence-electron chi connectivity index (χ1n) is 9.92. The van der Waals surface area contributed by atoms with Gasteiger partial charge in [0.05, 0.1) is 0 Å². The number of hydrogen-bond acceptors (Lipinski definition) is 2. The average molecular weight is 419 g/mol. The summed E-state index contributed by atoms with van der Waals surface area (Å²) < 4.78 is 39.7. The highest BCUT2D eigenvalue weighted by molar-refractivity contribution is 5.89. The van der Waals surface area contributed by atoms with Crippen LogP contribution in [-0.2, 0) is 11.3 Å². The fourth-order valence-corrected chi connectivity index (χ4v) is 3.59. The molecular formula is C22H24F3N3O2. The number of likely N-dealkylation sites (tertiary alicyclic amines) is 1. The van der Waals surface area contributed by atoms with Crippen LogP contribution < -0.4 is 10.6 Å². The quantitative estimate of drug-likeness (QED) is 0.727. The zero-order chi connectivity index (χ0) is 21.5. The summed E-state index contributed by atoms with van der Waals surface area (Å²) >= 11 is 0. The molecule has 5 nitrogen and oxygen atoms in total. The molecule has 1 atom stereocenters. The van der Waals surface area contributed by atoms with Gasteiger partial charge >= 0.3 is 6.03 Å². The highest BCUT2D eigenvalue weighted by atomic mass is 19.1. The number of benzene rings is 2. The lowest BCUT2D eigenvalue weighted by Gasteiger charge is -2.32. The summed E-state index contributed by atoms with van der Waals surface area (Å²) in [4.78, 5) is 26.2. The van der Waals surface area contributed by atoms with Crippen molar-refractivity contribution in [2.45, 2.75) is 32.2 Å². The molecule has 0 radical (unpaired) electrons. The van der Waals surface area contributed by atoms with Gasteiger partial charge in [-0.05, 0) is 61.1 Å². The first-order chi connectivity index (χ1) is 14.4. The van der Waals surface area contributed by atoms with Crippen molar-refractivity contribution in [1.29, 1.82) is 0 Å². The number of urea groups is 1. The zero-order valence-electron chi connectivity index (χ0n) is 16.5. The largest absolute Gasteiger partial charge is 0.352 e. The predicted molar refractivity (Wildman–Crippen MR) is 107 cm³/mol. The second-order valence-corrected chi connectivity index (χ2v) is 7.49. The summed E-state index contributed by atoms with van der Waals surface area (Å²) in [6.45, 7) is 1.18. The van der Waals surface area contributed by atoms with Crippen LogP contribution in [0.1, 0.15) is 31.2 Å². The second kappa shape index (κ2) is 10.1. The van der Waals surface area contributed by atoms with E-state index in [2.05, 4.69) is 10.6 Å². The molecule has 0 unspecified atom stereocenters. The number of anilines is 1. The molecule has 0 aliphatic carbocycles. The minimum absolute atomic E-state index is 0.0559. The highest BCUT2D eigenvalue weighted by Gasteiger charge is 2.24. The molecule has 3 amide bonds. The Hall–Kier alpha value is -3.03. The number of amides is 3. The number of hydrogen-bond donors (Lipinski definition) is 2. The van der Waals surface area contributed by atoms with Crippen LogP contribution in [0.3, 0.4) is 0 Å². The first kappa shape index (κ1) is 21.7. The summed E-state index contributed by atoms with van der Waals surface area (Å²) in [6.07, 6.45) is 2.60. The Morgan fingerprint density at radius 1 is 1.03 bits per heavy atom. The normalized spacial score (nSPS) is 16.2. The number of carbonyl (C=O) groups is 2. The molecule has 1 heterocycles. The number of nitrogens with one attached hydrogen (secondary N) is 2. The predicted octanol–water partition coefficient (Wildman–Crippen LogP) is 4.44. The monoisotopic (exact) mass is 419 g/mol. The number of halogens is 3. The van der Waals surface area contributed by atoms with Crippen LogP contribution in [0, 0.1) is 23.4 Å². The molecule has 0 aromatic heterocycles. The zero-order valence-corrected chi connectivity index (χ0v) is 16.5. The summed E-state index contributed by atoms with van der Waals surface area (Å²) in [5, 5.41) is 5.36. The molecule has 1 aliphatic rings. The van der Waals surface area contributed by atoms with Crippen molar-refractivity contribution in [3.05, 3.63) is 65.5 Å². The third-order valence-corrected chi connectivity index (χ3v) is 5.07. The number of rotatable bonds is 6. The van der Waals surface area contributed by atoms with E-state index in [0.29, 0.717) is 30.8 Å². The summed E-state index contributed by atoms with van der Waals surface area (Å²) in [7, 11) is 0. The van der Waals surface area contributed by atoms with Crippen molar-refractivity contribution in [2.75, 3.05) is 18.4 Å². The maximum atomic E-state index is 13.3. The van der Waals surface area contributed by atoms with Gasteiger partial charge < -0.3 is 15.5 Å². The molecule has 1 saturated heterocycles. The second-order valence-electron chi connectivity index (χ2n) is 7.49. The molecule has 0 spiro atoms. The van der Waals surface area contributed by atoms with Crippen molar-refractivity contribution >= 4 is 17.6 Å². The van der Waals surface area contributed by atoms with Crippen LogP contribution in [0.4, 0.5) is 23.7 Å². The van der Waals surface area contributed by atoms with Gasteiger partial charge in [0.25, 0.3) is 0 Å². The van der Waals surface area contributed by atoms with E-state index in [0.717, 1.165) is 18.9 Å². The van der Waals surface area contributed by atoms with Gasteiger partial charge in [0.15, 0.2) is 0 Å². The molecule has 0 bridgehead atoms. The molecule has 2 aromatic carbocycles. The lowest BCUT2D eigenvalue weighted by Crippen LogP contribution is -2.42. The van der Waals surface area contributed by atoms with Gasteiger partial charge in [-0.3, -0.25) is 4.79 Å². The third-order valence-electron chi connectivity index (χ3n) is 5.07. The van der Waals surface area contributed by atoms with Gasteiger partial charge in [-0.25, -0.2) is 18.0 Å². The minimum atomic E-state index is -0.682. The van der Waals surface area contributed by atoms with Gasteiger partial charge in [0, 0.05) is 37.8 Å². The Kier molecular flexibility index (Phi) is 7.32. The molecular weight excluding hydrogens is 395 g/mol. The van der Waals surface area contributed by atoms with Crippen molar-refractivity contribution in [3.63, 3.8) is 0 Å². The van der Waals surface area contributed by atoms with Crippen LogP contribution in [0.25, 0.3) is 0 Å². The molecule has 30 heavy (non-hydrogen) atoms. The van der Waals surface area contributed by atoms with E-state index in [1.165, 1.54) is 30.3 Å². The minimum Gasteiger partial charge on any atom is -0.352 e. The lowest BCUT2D eigenvalue weighted by molar-refractivity contribution is -0.121. The van der Waals surface area contributed by atoms with Crippen LogP contribution in [-0.4, -0.2) is 29.9 Å². The fraction of sp³-hybridized carbons (Fsp3) is 0.364. The van der Waals surface area contributed by atoms with Crippen LogP contribution in [0.2, 0.25) is 0 Å². The molecule has 2 N–H and O–H groups in total. The van der Waals surface area contributed by atoms with Crippen molar-refractivity contribution in [3.8, 4) is 0 Å². The van der Waals surface area contributed by atoms with Crippen molar-refractivity contribution in [1.82, 2.24) is 10.2 Å². The highest BCUT2D eigenvalue weighted by Crippen LogP contribution is 2.22. The SMILES string of the molecule is O=C(CC[C@H]1CCCN(C(=O)Nc2cccc(F)c2)C1)NCc1cc(F)cc(F)c1. The van der Waals surface area contributed by atoms with Gasteiger partial charge in [-0.1, -0.05) is 6.07 Å². The van der Waals surface area contributed by atoms with Crippen molar-refractivity contribution in [2.24, 2.45) is 5.92 Å². The van der Waals surface area contributed by atoms with E-state index < -0.39 is 17.5 Å². The molecule has 160 valence electrons. The first-order valence-corrected chi connectivity index (χ1v) is 9.92. The number of nitrogens with zero attached hydrogens (tertiary/aromatic N) is 1. The van der Waals surface area contributed by atoms with E-state index in [4.69, 9.17) is 0 Å². The smallest absolute Gasteiger partial charge is 0.321 e. The maximum Gasteiger partial charge on any atom is 0.321 e. The Bertz CT molecular complexity index is 887. The summed E-state index contributed by atoms with van der Waals surface area (Å²) in [6, 6.07) is 8.57. The molecule has 1 fully saturated rings. The van der Waals surface area contributed by atoms with Gasteiger partial charge in [0.1, 0.15) is 17.5 Å². The van der Waals surface area contributed by atoms with Crippen LogP contribution in [0.15, 0.2) is 42.5 Å². The molecule has 3 rings (SSSR count). The van der Waals surface area contributed by atoms with E-state index >= 15 is 0 Å². The maximum absolute atomic E-state index is 13.3. The van der Waals surface area contributed by atoms with Gasteiger partial charge in [0.2, 0.25) is 5.91 Å². The average Bonchev–Trinajstić information content (AvgIpc) is 2.70. The molecule has 0 saturated carbocycles. The van der Waals surface area contributed by atoms with E-state index in [9.17, 15) is 22.8 Å². The Morgan fingerprint density at radius 2 is 1.80 bits per heavy atom. The molecule has 2 aromatic rings. The summed E-state index contributed by atoms with van der Waals surface area (Å²) in [5.74, 6) is -1.82. The van der Waals surface area contributed by atoms with Crippen molar-refractivity contribution < 1.29 is 22.8 Å². The molecule has 8 heteroatoms. The Balaban J connectivity index is 1.43. The van der Waals surface area contributed by atoms with Crippen LogP contribution >= 0.6 is 0 Å². The number of carbonyl (C=O) groups excluding carboxylic acids is 2. The van der Waals surface area contributed by atoms with Gasteiger partial charge in [-0.15, -0.1) is 0 Å². The van der Waals surface area contributed by atoms with E-state index in [1.807, 2.05) is 0 Å². The Labute approximate surface area is 173 Å². The fourth-order valence-electron chi connectivity index (χ4n) is 3.59. The molecule has 1 aliphatic heterocycles. The third kappa shape index (κ3) is 6.50. The van der Waals surface area contributed by atoms with E-state index in [1.54, 1.807) is 11.0 Å². The number of piperidine rings is 1. The Morgan fingerprint density at radius 3 is 2.53 bits per heavy atom. The van der Waals surface area contributed by atoms with E-state index in [-0.39, 0.29) is 30.8 Å². The lowest BCUT2D eigenvalue weighted by atomic mass is 9.93. The topological polar surface area (TPSA) is 61.4 Å². The van der Waals surface area contributed by atoms with Crippen LogP contribution in [0.5, 0.6) is 0 Å². The standard InChI is InChI=1S/C22H24F3N3O2/c23-17-4-1-5-20(12-17)27-22(30)28-8-2-3-15(14-28)6-7-21(29)26-13-16-9-18(24)11-19(25)10-16/h1,4-5,9-12,15H,2-3,6-8,13-14H2,(H,26,29)(H,27,30)/t15-/m1/s1. The van der Waals surface area contributed by atoms with Gasteiger partial charge in [-0.2, -0.15) is 0 Å². The summed E-state index contributed by atoms with van der Waals surface area (Å²) in [5.41, 5.74) is 0.758.